The van der Waals surface area contributed by atoms with E-state index in [1.54, 1.807) is 36.5 Å². The Bertz CT molecular complexity index is 1040. The van der Waals surface area contributed by atoms with E-state index in [-0.39, 0.29) is 6.42 Å². The van der Waals surface area contributed by atoms with Gasteiger partial charge in [-0.25, -0.2) is 0 Å². The molecule has 0 atom stereocenters. The highest BCUT2D eigenvalue weighted by Gasteiger charge is 2.18. The molecule has 0 unspecified atom stereocenters. The third-order valence-corrected chi connectivity index (χ3v) is 5.43. The average molecular weight is 477 g/mol. The van der Waals surface area contributed by atoms with Crippen LogP contribution in [0.15, 0.2) is 36.5 Å². The Morgan fingerprint density at radius 3 is 1.70 bits per heavy atom. The van der Waals surface area contributed by atoms with E-state index in [2.05, 4.69) is 11.1 Å². The fourth-order valence-corrected chi connectivity index (χ4v) is 4.71. The van der Waals surface area contributed by atoms with E-state index in [1.807, 2.05) is 0 Å². The third kappa shape index (κ3) is 4.30. The predicted octanol–water partition coefficient (Wildman–Crippen LogP) is 8.40. The summed E-state index contributed by atoms with van der Waals surface area (Å²) in [5.41, 5.74) is 2.91. The van der Waals surface area contributed by atoms with Crippen molar-refractivity contribution in [1.82, 2.24) is 4.98 Å². The monoisotopic (exact) mass is 474 g/mol. The zero-order chi connectivity index (χ0) is 19.7. The van der Waals surface area contributed by atoms with E-state index < -0.39 is 0 Å². The Morgan fingerprint density at radius 2 is 1.22 bits per heavy atom. The summed E-state index contributed by atoms with van der Waals surface area (Å²) < 4.78 is 0. The minimum absolute atomic E-state index is 0.114. The van der Waals surface area contributed by atoms with E-state index >= 15 is 0 Å². The maximum Gasteiger partial charge on any atom is 0.0735 e. The van der Waals surface area contributed by atoms with Gasteiger partial charge in [0.2, 0.25) is 0 Å². The summed E-state index contributed by atoms with van der Waals surface area (Å²) in [6, 6.07) is 10.2. The minimum atomic E-state index is 0.114. The third-order valence-electron chi connectivity index (χ3n) is 3.80. The van der Waals surface area contributed by atoms with Crippen molar-refractivity contribution in [3.05, 3.63) is 72.2 Å². The van der Waals surface area contributed by atoms with Crippen LogP contribution in [0.4, 0.5) is 0 Å². The van der Waals surface area contributed by atoms with Crippen molar-refractivity contribution < 1.29 is 0 Å². The molecule has 0 bridgehead atoms. The number of halogens is 6. The highest BCUT2D eigenvalue weighted by Crippen LogP contribution is 2.41. The molecule has 0 amide bonds. The van der Waals surface area contributed by atoms with Gasteiger partial charge in [0.25, 0.3) is 0 Å². The predicted molar refractivity (Wildman–Crippen MR) is 114 cm³/mol. The number of pyridine rings is 1. The number of rotatable bonds is 3. The second-order valence-electron chi connectivity index (χ2n) is 5.55. The van der Waals surface area contributed by atoms with Crippen molar-refractivity contribution >= 4 is 69.6 Å². The fraction of sp³-hybridized carbons (Fsp3) is 0.0526. The van der Waals surface area contributed by atoms with Gasteiger partial charge in [-0.3, -0.25) is 4.98 Å². The zero-order valence-corrected chi connectivity index (χ0v) is 17.9. The Morgan fingerprint density at radius 1 is 0.741 bits per heavy atom. The number of nitrogens with zero attached hydrogens (tertiary/aromatic N) is 2. The molecule has 1 aromatic heterocycles. The highest BCUT2D eigenvalue weighted by atomic mass is 35.5. The van der Waals surface area contributed by atoms with Crippen molar-refractivity contribution in [2.75, 3.05) is 0 Å². The Balaban J connectivity index is 2.23. The molecule has 0 fully saturated rings. The van der Waals surface area contributed by atoms with E-state index in [0.29, 0.717) is 58.1 Å². The Kier molecular flexibility index (Phi) is 6.43. The van der Waals surface area contributed by atoms with Crippen molar-refractivity contribution in [2.24, 2.45) is 0 Å². The smallest absolute Gasteiger partial charge is 0.0735 e. The molecule has 2 nitrogen and oxygen atoms in total. The van der Waals surface area contributed by atoms with Gasteiger partial charge in [0.05, 0.1) is 38.3 Å². The largest absolute Gasteiger partial charge is 0.255 e. The van der Waals surface area contributed by atoms with Crippen LogP contribution in [0.2, 0.25) is 30.1 Å². The van der Waals surface area contributed by atoms with Gasteiger partial charge in [0.15, 0.2) is 0 Å². The molecule has 0 aliphatic rings. The molecule has 2 aromatic carbocycles. The van der Waals surface area contributed by atoms with Gasteiger partial charge >= 0.3 is 0 Å². The quantitative estimate of drug-likeness (QED) is 0.380. The molecule has 0 N–H and O–H groups in total. The lowest BCUT2D eigenvalue weighted by Crippen LogP contribution is -1.96. The second kappa shape index (κ2) is 8.45. The molecular formula is C19H8Cl6N2. The van der Waals surface area contributed by atoms with Crippen molar-refractivity contribution in [1.29, 1.82) is 5.26 Å². The SMILES string of the molecule is N#CCc1cc(-c2c(Cl)cc(Cl)cc2Cl)ncc1-c1c(Cl)cc(Cl)cc1Cl. The van der Waals surface area contributed by atoms with Gasteiger partial charge < -0.3 is 0 Å². The summed E-state index contributed by atoms with van der Waals surface area (Å²) in [7, 11) is 0. The summed E-state index contributed by atoms with van der Waals surface area (Å²) >= 11 is 37.2. The van der Waals surface area contributed by atoms with E-state index in [1.165, 1.54) is 0 Å². The lowest BCUT2D eigenvalue weighted by molar-refractivity contribution is 1.22. The standard InChI is InChI=1S/C19H8Cl6N2/c20-10-4-13(22)18(14(23)5-10)12-8-27-17(3-9(12)1-2-26)19-15(24)6-11(21)7-16(19)25/h3-8H,1H2. The van der Waals surface area contributed by atoms with Gasteiger partial charge in [-0.15, -0.1) is 0 Å². The van der Waals surface area contributed by atoms with Crippen molar-refractivity contribution in [3.8, 4) is 28.5 Å². The summed E-state index contributed by atoms with van der Waals surface area (Å²) in [5.74, 6) is 0. The first kappa shape index (κ1) is 20.6. The van der Waals surface area contributed by atoms with Crippen LogP contribution in [-0.2, 0) is 6.42 Å². The molecule has 0 saturated heterocycles. The molecule has 136 valence electrons. The first-order valence-electron chi connectivity index (χ1n) is 7.47. The number of benzene rings is 2. The molecule has 0 aliphatic carbocycles. The molecule has 27 heavy (non-hydrogen) atoms. The summed E-state index contributed by atoms with van der Waals surface area (Å²) in [5, 5.41) is 11.5. The lowest BCUT2D eigenvalue weighted by atomic mass is 9.97. The maximum atomic E-state index is 9.25. The highest BCUT2D eigenvalue weighted by molar-refractivity contribution is 6.42. The number of hydrogen-bond donors (Lipinski definition) is 0. The molecule has 0 saturated carbocycles. The van der Waals surface area contributed by atoms with Crippen LogP contribution in [0, 0.1) is 11.3 Å². The van der Waals surface area contributed by atoms with Gasteiger partial charge in [-0.05, 0) is 35.9 Å². The van der Waals surface area contributed by atoms with E-state index in [0.717, 1.165) is 0 Å². The molecule has 0 radical (unpaired) electrons. The first-order chi connectivity index (χ1) is 12.8. The van der Waals surface area contributed by atoms with Crippen LogP contribution in [0.5, 0.6) is 0 Å². The van der Waals surface area contributed by atoms with Gasteiger partial charge in [0.1, 0.15) is 0 Å². The van der Waals surface area contributed by atoms with E-state index in [4.69, 9.17) is 69.6 Å². The summed E-state index contributed by atoms with van der Waals surface area (Å²) in [6.45, 7) is 0. The van der Waals surface area contributed by atoms with Gasteiger partial charge in [-0.1, -0.05) is 69.6 Å². The van der Waals surface area contributed by atoms with Crippen LogP contribution >= 0.6 is 69.6 Å². The molecule has 0 spiro atoms. The number of nitriles is 1. The molecular weight excluding hydrogens is 469 g/mol. The summed E-state index contributed by atoms with van der Waals surface area (Å²) in [4.78, 5) is 4.45. The zero-order valence-electron chi connectivity index (χ0n) is 13.3. The second-order valence-corrected chi connectivity index (χ2v) is 8.05. The van der Waals surface area contributed by atoms with Crippen LogP contribution in [0.1, 0.15) is 5.56 Å². The Hall–Kier alpha value is -1.18. The topological polar surface area (TPSA) is 36.7 Å². The number of aromatic nitrogens is 1. The molecule has 1 heterocycles. The van der Waals surface area contributed by atoms with E-state index in [9.17, 15) is 5.26 Å². The van der Waals surface area contributed by atoms with Crippen LogP contribution in [-0.4, -0.2) is 4.98 Å². The maximum absolute atomic E-state index is 9.25. The fourth-order valence-electron chi connectivity index (χ4n) is 2.68. The Labute approximate surface area is 186 Å². The molecule has 3 aromatic rings. The van der Waals surface area contributed by atoms with Crippen LogP contribution in [0.25, 0.3) is 22.4 Å². The summed E-state index contributed by atoms with van der Waals surface area (Å²) in [6.07, 6.45) is 1.70. The van der Waals surface area contributed by atoms with Crippen molar-refractivity contribution in [2.45, 2.75) is 6.42 Å². The first-order valence-corrected chi connectivity index (χ1v) is 9.74. The number of hydrogen-bond acceptors (Lipinski definition) is 2. The van der Waals surface area contributed by atoms with Crippen molar-refractivity contribution in [3.63, 3.8) is 0 Å². The molecule has 0 aliphatic heterocycles. The normalized spacial score (nSPS) is 10.7. The van der Waals surface area contributed by atoms with Crippen LogP contribution in [0.3, 0.4) is 0 Å². The van der Waals surface area contributed by atoms with Crippen LogP contribution < -0.4 is 0 Å². The van der Waals surface area contributed by atoms with Gasteiger partial charge in [-0.2, -0.15) is 5.26 Å². The lowest BCUT2D eigenvalue weighted by Gasteiger charge is -2.14. The molecule has 3 rings (SSSR count). The molecule has 8 heteroatoms. The average Bonchev–Trinajstić information content (AvgIpc) is 2.55. The van der Waals surface area contributed by atoms with Gasteiger partial charge in [0, 0.05) is 32.9 Å². The minimum Gasteiger partial charge on any atom is -0.255 e.